The molecule has 0 aliphatic heterocycles. The lowest BCUT2D eigenvalue weighted by atomic mass is 9.57. The van der Waals surface area contributed by atoms with Gasteiger partial charge in [0.2, 0.25) is 0 Å². The molecule has 1 aromatic carbocycles. The summed E-state index contributed by atoms with van der Waals surface area (Å²) in [6.45, 7) is 0. The molecule has 0 amide bonds. The number of allylic oxidation sites excluding steroid dienone is 2. The number of fused-ring (bicyclic) bond motifs is 2. The number of hydrogen-bond acceptors (Lipinski definition) is 2. The Kier molecular flexibility index (Phi) is 2.25. The first-order valence-corrected chi connectivity index (χ1v) is 7.87. The number of hydrogen-bond donors (Lipinski definition) is 0. The van der Waals surface area contributed by atoms with Gasteiger partial charge in [-0.25, -0.2) is 0 Å². The first-order valence-electron chi connectivity index (χ1n) is 7.87. The molecule has 108 valence electrons. The molecule has 6 atom stereocenters. The van der Waals surface area contributed by atoms with E-state index < -0.39 is 5.79 Å². The Morgan fingerprint density at radius 2 is 1.24 bits per heavy atom. The predicted molar refractivity (Wildman–Crippen MR) is 80.9 cm³/mol. The molecule has 0 N–H and O–H groups in total. The van der Waals surface area contributed by atoms with E-state index in [-0.39, 0.29) is 0 Å². The molecule has 1 saturated carbocycles. The lowest BCUT2D eigenvalue weighted by molar-refractivity contribution is -0.234. The first-order chi connectivity index (χ1) is 10.3. The molecule has 1 fully saturated rings. The van der Waals surface area contributed by atoms with Gasteiger partial charge in [0.05, 0.1) is 0 Å². The van der Waals surface area contributed by atoms with Crippen molar-refractivity contribution in [3.63, 3.8) is 0 Å². The lowest BCUT2D eigenvalue weighted by Gasteiger charge is -2.46. The lowest BCUT2D eigenvalue weighted by Crippen LogP contribution is -2.41. The van der Waals surface area contributed by atoms with Gasteiger partial charge >= 0.3 is 0 Å². The zero-order valence-corrected chi connectivity index (χ0v) is 12.4. The van der Waals surface area contributed by atoms with Gasteiger partial charge in [-0.3, -0.25) is 0 Å². The predicted octanol–water partition coefficient (Wildman–Crippen LogP) is 3.47. The van der Waals surface area contributed by atoms with Crippen LogP contribution in [0, 0.1) is 23.7 Å². The van der Waals surface area contributed by atoms with Gasteiger partial charge < -0.3 is 9.47 Å². The number of ether oxygens (including phenoxy) is 2. The van der Waals surface area contributed by atoms with Crippen LogP contribution in [-0.4, -0.2) is 20.0 Å². The van der Waals surface area contributed by atoms with Gasteiger partial charge in [-0.1, -0.05) is 48.6 Å². The Bertz CT molecular complexity index is 604. The van der Waals surface area contributed by atoms with E-state index in [9.17, 15) is 0 Å². The summed E-state index contributed by atoms with van der Waals surface area (Å²) in [6, 6.07) is 8.96. The summed E-state index contributed by atoms with van der Waals surface area (Å²) in [4.78, 5) is 0. The van der Waals surface area contributed by atoms with Gasteiger partial charge in [-0.05, 0) is 23.0 Å². The second-order valence-electron chi connectivity index (χ2n) is 6.79. The van der Waals surface area contributed by atoms with E-state index in [0.29, 0.717) is 35.5 Å². The molecule has 1 aromatic rings. The van der Waals surface area contributed by atoms with Crippen molar-refractivity contribution in [1.29, 1.82) is 0 Å². The monoisotopic (exact) mass is 280 g/mol. The molecular formula is C19H20O2. The minimum absolute atomic E-state index is 0.369. The molecule has 0 aromatic heterocycles. The number of benzene rings is 1. The van der Waals surface area contributed by atoms with E-state index in [4.69, 9.17) is 9.47 Å². The maximum Gasteiger partial charge on any atom is 0.180 e. The molecule has 0 heterocycles. The Morgan fingerprint density at radius 3 is 1.67 bits per heavy atom. The van der Waals surface area contributed by atoms with Crippen molar-refractivity contribution in [2.24, 2.45) is 23.7 Å². The highest BCUT2D eigenvalue weighted by Gasteiger charge is 2.67. The topological polar surface area (TPSA) is 18.5 Å². The van der Waals surface area contributed by atoms with Gasteiger partial charge in [0, 0.05) is 37.9 Å². The summed E-state index contributed by atoms with van der Waals surface area (Å²) in [5.74, 6) is 2.55. The summed E-state index contributed by atoms with van der Waals surface area (Å²) in [6.07, 6.45) is 9.55. The Labute approximate surface area is 125 Å². The highest BCUT2D eigenvalue weighted by molar-refractivity contribution is 5.49. The van der Waals surface area contributed by atoms with Crippen LogP contribution in [0.2, 0.25) is 0 Å². The maximum atomic E-state index is 5.94. The van der Waals surface area contributed by atoms with Crippen molar-refractivity contribution in [3.8, 4) is 0 Å². The number of methoxy groups -OCH3 is 2. The molecule has 4 bridgehead atoms. The summed E-state index contributed by atoms with van der Waals surface area (Å²) < 4.78 is 11.9. The van der Waals surface area contributed by atoms with Gasteiger partial charge in [0.1, 0.15) is 0 Å². The average molecular weight is 280 g/mol. The molecule has 6 rings (SSSR count). The minimum atomic E-state index is -0.445. The fourth-order valence-electron chi connectivity index (χ4n) is 5.79. The van der Waals surface area contributed by atoms with Gasteiger partial charge in [-0.15, -0.1) is 0 Å². The number of rotatable bonds is 2. The first kappa shape index (κ1) is 12.2. The molecule has 0 radical (unpaired) electrons. The highest BCUT2D eigenvalue weighted by atomic mass is 16.7. The second-order valence-corrected chi connectivity index (χ2v) is 6.79. The van der Waals surface area contributed by atoms with Crippen LogP contribution in [0.5, 0.6) is 0 Å². The molecule has 21 heavy (non-hydrogen) atoms. The molecule has 2 heteroatoms. The van der Waals surface area contributed by atoms with Gasteiger partial charge in [-0.2, -0.15) is 0 Å². The van der Waals surface area contributed by atoms with Crippen molar-refractivity contribution in [1.82, 2.24) is 0 Å². The Morgan fingerprint density at radius 1 is 0.762 bits per heavy atom. The van der Waals surface area contributed by atoms with E-state index in [1.165, 1.54) is 11.1 Å². The normalized spacial score (nSPS) is 43.1. The third kappa shape index (κ3) is 1.19. The van der Waals surface area contributed by atoms with Crippen LogP contribution >= 0.6 is 0 Å². The van der Waals surface area contributed by atoms with Crippen molar-refractivity contribution < 1.29 is 9.47 Å². The highest BCUT2D eigenvalue weighted by Crippen LogP contribution is 2.68. The van der Waals surface area contributed by atoms with E-state index in [1.807, 2.05) is 0 Å². The van der Waals surface area contributed by atoms with Crippen molar-refractivity contribution in [2.45, 2.75) is 17.6 Å². The van der Waals surface area contributed by atoms with Crippen molar-refractivity contribution >= 4 is 0 Å². The Hall–Kier alpha value is -1.38. The van der Waals surface area contributed by atoms with Crippen LogP contribution in [0.1, 0.15) is 23.0 Å². The molecule has 0 unspecified atom stereocenters. The van der Waals surface area contributed by atoms with Crippen LogP contribution in [0.15, 0.2) is 48.6 Å². The quantitative estimate of drug-likeness (QED) is 0.610. The van der Waals surface area contributed by atoms with Crippen LogP contribution in [-0.2, 0) is 9.47 Å². The van der Waals surface area contributed by atoms with E-state index in [1.54, 1.807) is 14.2 Å². The van der Waals surface area contributed by atoms with Gasteiger partial charge in [0.25, 0.3) is 0 Å². The summed E-state index contributed by atoms with van der Waals surface area (Å²) in [5, 5.41) is 0. The molecule has 5 aliphatic carbocycles. The van der Waals surface area contributed by atoms with Crippen molar-refractivity contribution in [2.75, 3.05) is 14.2 Å². The van der Waals surface area contributed by atoms with Crippen LogP contribution < -0.4 is 0 Å². The molecule has 5 aliphatic rings. The minimum Gasteiger partial charge on any atom is -0.352 e. The van der Waals surface area contributed by atoms with Gasteiger partial charge in [0.15, 0.2) is 5.79 Å². The van der Waals surface area contributed by atoms with Crippen LogP contribution in [0.3, 0.4) is 0 Å². The molecular weight excluding hydrogens is 260 g/mol. The van der Waals surface area contributed by atoms with Crippen LogP contribution in [0.4, 0.5) is 0 Å². The summed E-state index contributed by atoms with van der Waals surface area (Å²) in [7, 11) is 3.60. The fourth-order valence-corrected chi connectivity index (χ4v) is 5.79. The Balaban J connectivity index is 1.70. The summed E-state index contributed by atoms with van der Waals surface area (Å²) in [5.41, 5.74) is 3.04. The van der Waals surface area contributed by atoms with Crippen molar-refractivity contribution in [3.05, 3.63) is 59.7 Å². The third-order valence-corrected chi connectivity index (χ3v) is 6.44. The molecule has 2 nitrogen and oxygen atoms in total. The van der Waals surface area contributed by atoms with E-state index in [2.05, 4.69) is 48.6 Å². The zero-order valence-electron chi connectivity index (χ0n) is 12.4. The van der Waals surface area contributed by atoms with Crippen LogP contribution in [0.25, 0.3) is 0 Å². The zero-order chi connectivity index (χ0) is 14.2. The average Bonchev–Trinajstić information content (AvgIpc) is 3.07. The van der Waals surface area contributed by atoms with E-state index >= 15 is 0 Å². The third-order valence-electron chi connectivity index (χ3n) is 6.44. The molecule has 0 spiro atoms. The summed E-state index contributed by atoms with van der Waals surface area (Å²) >= 11 is 0. The maximum absolute atomic E-state index is 5.94. The second kappa shape index (κ2) is 3.88. The molecule has 0 saturated heterocycles. The van der Waals surface area contributed by atoms with E-state index in [0.717, 1.165) is 0 Å². The fraction of sp³-hybridized carbons (Fsp3) is 0.474. The largest absolute Gasteiger partial charge is 0.352 e. The SMILES string of the molecule is COC1(OC)[C@H]2C=C[C@H]1[C@H]1[C@@H]2[C@H]2C=C[C@H]1c1ccccc12. The smallest absolute Gasteiger partial charge is 0.180 e. The standard InChI is InChI=1S/C19H20O2/c1-20-19(21-2)15-9-10-16(19)18-14-8-7-13(17(15)18)11-5-3-4-6-12(11)14/h3-10,13-18H,1-2H3/t13-,14-,15-,16-,17-,18+/m0/s1.